The number of nitriles is 1. The first-order chi connectivity index (χ1) is 7.22. The molecule has 15 heavy (non-hydrogen) atoms. The Hall–Kier alpha value is -1.86. The van der Waals surface area contributed by atoms with E-state index in [2.05, 4.69) is 11.1 Å². The number of rotatable bonds is 1. The van der Waals surface area contributed by atoms with E-state index in [1.54, 1.807) is 12.3 Å². The maximum absolute atomic E-state index is 9.01. The SMILES string of the molecule is Cc1cc(-c2ccco2)c(C#N)c(=S)[nH]1. The highest BCUT2D eigenvalue weighted by atomic mass is 32.1. The molecule has 2 rings (SSSR count). The topological polar surface area (TPSA) is 52.7 Å². The number of aromatic nitrogens is 1. The maximum atomic E-state index is 9.01. The Morgan fingerprint density at radius 3 is 2.93 bits per heavy atom. The maximum Gasteiger partial charge on any atom is 0.135 e. The van der Waals surface area contributed by atoms with Crippen LogP contribution in [0.5, 0.6) is 0 Å². The van der Waals surface area contributed by atoms with E-state index in [4.69, 9.17) is 21.9 Å². The minimum Gasteiger partial charge on any atom is -0.464 e. The van der Waals surface area contributed by atoms with Crippen molar-refractivity contribution in [3.05, 3.63) is 40.4 Å². The van der Waals surface area contributed by atoms with Crippen molar-refractivity contribution < 1.29 is 4.42 Å². The van der Waals surface area contributed by atoms with Crippen molar-refractivity contribution in [1.82, 2.24) is 4.98 Å². The summed E-state index contributed by atoms with van der Waals surface area (Å²) in [6.07, 6.45) is 1.57. The van der Waals surface area contributed by atoms with Crippen LogP contribution in [0.1, 0.15) is 11.3 Å². The largest absolute Gasteiger partial charge is 0.464 e. The summed E-state index contributed by atoms with van der Waals surface area (Å²) in [6.45, 7) is 1.89. The van der Waals surface area contributed by atoms with Crippen LogP contribution in [0.3, 0.4) is 0 Å². The summed E-state index contributed by atoms with van der Waals surface area (Å²) in [6, 6.07) is 7.53. The Bertz CT molecular complexity index is 576. The van der Waals surface area contributed by atoms with Gasteiger partial charge in [-0.3, -0.25) is 0 Å². The molecule has 0 fully saturated rings. The van der Waals surface area contributed by atoms with Crippen LogP contribution in [-0.2, 0) is 0 Å². The quantitative estimate of drug-likeness (QED) is 0.745. The second kappa shape index (κ2) is 3.71. The molecule has 74 valence electrons. The van der Waals surface area contributed by atoms with Crippen LogP contribution in [0.4, 0.5) is 0 Å². The Morgan fingerprint density at radius 1 is 1.53 bits per heavy atom. The van der Waals surface area contributed by atoms with Gasteiger partial charge in [-0.05, 0) is 25.1 Å². The van der Waals surface area contributed by atoms with Crippen molar-refractivity contribution in [2.75, 3.05) is 0 Å². The lowest BCUT2D eigenvalue weighted by atomic mass is 10.1. The minimum atomic E-state index is 0.448. The first-order valence-electron chi connectivity index (χ1n) is 4.40. The van der Waals surface area contributed by atoms with Gasteiger partial charge in [0.05, 0.1) is 11.8 Å². The smallest absolute Gasteiger partial charge is 0.135 e. The Balaban J connectivity index is 2.77. The fourth-order valence-corrected chi connectivity index (χ4v) is 1.74. The second-order valence-corrected chi connectivity index (χ2v) is 3.57. The Kier molecular flexibility index (Phi) is 2.40. The van der Waals surface area contributed by atoms with Gasteiger partial charge in [0, 0.05) is 11.3 Å². The molecule has 0 aliphatic rings. The van der Waals surface area contributed by atoms with Gasteiger partial charge in [0.1, 0.15) is 16.5 Å². The number of aryl methyl sites for hydroxylation is 1. The summed E-state index contributed by atoms with van der Waals surface area (Å²) in [5.74, 6) is 0.662. The molecule has 4 heteroatoms. The van der Waals surface area contributed by atoms with E-state index in [9.17, 15) is 0 Å². The van der Waals surface area contributed by atoms with Gasteiger partial charge >= 0.3 is 0 Å². The third-order valence-corrected chi connectivity index (χ3v) is 2.37. The third kappa shape index (κ3) is 1.69. The van der Waals surface area contributed by atoms with Gasteiger partial charge in [0.25, 0.3) is 0 Å². The molecule has 0 unspecified atom stereocenters. The van der Waals surface area contributed by atoms with Crippen LogP contribution in [0.15, 0.2) is 28.9 Å². The van der Waals surface area contributed by atoms with Crippen LogP contribution in [0.2, 0.25) is 0 Å². The molecular formula is C11H8N2OS. The number of nitrogens with zero attached hydrogens (tertiary/aromatic N) is 1. The van der Waals surface area contributed by atoms with Crippen LogP contribution >= 0.6 is 12.2 Å². The van der Waals surface area contributed by atoms with Gasteiger partial charge in [0.2, 0.25) is 0 Å². The molecule has 0 aromatic carbocycles. The lowest BCUT2D eigenvalue weighted by molar-refractivity contribution is 0.582. The molecule has 2 aromatic rings. The minimum absolute atomic E-state index is 0.448. The molecule has 0 spiro atoms. The normalized spacial score (nSPS) is 9.87. The number of hydrogen-bond donors (Lipinski definition) is 1. The van der Waals surface area contributed by atoms with Crippen molar-refractivity contribution in [3.8, 4) is 17.4 Å². The van der Waals surface area contributed by atoms with Crippen molar-refractivity contribution in [2.45, 2.75) is 6.92 Å². The number of aromatic amines is 1. The van der Waals surface area contributed by atoms with E-state index >= 15 is 0 Å². The zero-order valence-electron chi connectivity index (χ0n) is 8.07. The van der Waals surface area contributed by atoms with Crippen molar-refractivity contribution >= 4 is 12.2 Å². The van der Waals surface area contributed by atoms with Crippen LogP contribution in [0, 0.1) is 22.9 Å². The van der Waals surface area contributed by atoms with Gasteiger partial charge in [-0.1, -0.05) is 12.2 Å². The van der Waals surface area contributed by atoms with E-state index in [0.29, 0.717) is 16.0 Å². The zero-order chi connectivity index (χ0) is 10.8. The number of pyridine rings is 1. The van der Waals surface area contributed by atoms with Crippen LogP contribution < -0.4 is 0 Å². The Morgan fingerprint density at radius 2 is 2.33 bits per heavy atom. The molecule has 0 radical (unpaired) electrons. The van der Waals surface area contributed by atoms with E-state index in [1.165, 1.54) is 0 Å². The second-order valence-electron chi connectivity index (χ2n) is 3.16. The van der Waals surface area contributed by atoms with Crippen molar-refractivity contribution in [3.63, 3.8) is 0 Å². The van der Waals surface area contributed by atoms with Gasteiger partial charge < -0.3 is 9.40 Å². The number of H-pyrrole nitrogens is 1. The van der Waals surface area contributed by atoms with E-state index < -0.39 is 0 Å². The monoisotopic (exact) mass is 216 g/mol. The molecule has 0 saturated heterocycles. The van der Waals surface area contributed by atoms with Gasteiger partial charge in [-0.2, -0.15) is 5.26 Å². The van der Waals surface area contributed by atoms with E-state index in [1.807, 2.05) is 19.1 Å². The first kappa shape index (κ1) is 9.69. The molecule has 2 aromatic heterocycles. The standard InChI is InChI=1S/C11H8N2OS/c1-7-5-8(10-3-2-4-14-10)9(6-12)11(15)13-7/h2-5H,1H3,(H,13,15). The molecule has 0 bridgehead atoms. The van der Waals surface area contributed by atoms with E-state index in [-0.39, 0.29) is 0 Å². The lowest BCUT2D eigenvalue weighted by Gasteiger charge is -2.02. The van der Waals surface area contributed by atoms with Crippen molar-refractivity contribution in [1.29, 1.82) is 5.26 Å². The molecule has 0 atom stereocenters. The molecular weight excluding hydrogens is 208 g/mol. The molecule has 1 N–H and O–H groups in total. The summed E-state index contributed by atoms with van der Waals surface area (Å²) in [5.41, 5.74) is 2.10. The predicted octanol–water partition coefficient (Wildman–Crippen LogP) is 3.18. The number of nitrogens with one attached hydrogen (secondary N) is 1. The highest BCUT2D eigenvalue weighted by molar-refractivity contribution is 7.71. The van der Waals surface area contributed by atoms with Gasteiger partial charge in [0.15, 0.2) is 0 Å². The molecule has 0 aliphatic heterocycles. The van der Waals surface area contributed by atoms with Crippen LogP contribution in [0.25, 0.3) is 11.3 Å². The summed E-state index contributed by atoms with van der Waals surface area (Å²) >= 11 is 5.08. The van der Waals surface area contributed by atoms with E-state index in [0.717, 1.165) is 11.3 Å². The Labute approximate surface area is 92.0 Å². The van der Waals surface area contributed by atoms with Gasteiger partial charge in [-0.25, -0.2) is 0 Å². The predicted molar refractivity (Wildman–Crippen MR) is 58.8 cm³/mol. The lowest BCUT2D eigenvalue weighted by Crippen LogP contribution is -1.90. The molecule has 0 saturated carbocycles. The summed E-state index contributed by atoms with van der Waals surface area (Å²) in [7, 11) is 0. The van der Waals surface area contributed by atoms with Crippen molar-refractivity contribution in [2.24, 2.45) is 0 Å². The molecule has 0 aliphatic carbocycles. The fraction of sp³-hybridized carbons (Fsp3) is 0.0909. The van der Waals surface area contributed by atoms with Crippen LogP contribution in [-0.4, -0.2) is 4.98 Å². The highest BCUT2D eigenvalue weighted by Crippen LogP contribution is 2.24. The summed E-state index contributed by atoms with van der Waals surface area (Å²) < 4.78 is 5.71. The summed E-state index contributed by atoms with van der Waals surface area (Å²) in [5, 5.41) is 9.01. The third-order valence-electron chi connectivity index (χ3n) is 2.07. The number of hydrogen-bond acceptors (Lipinski definition) is 3. The molecule has 2 heterocycles. The first-order valence-corrected chi connectivity index (χ1v) is 4.81. The molecule has 3 nitrogen and oxygen atoms in total. The van der Waals surface area contributed by atoms with Gasteiger partial charge in [-0.15, -0.1) is 0 Å². The highest BCUT2D eigenvalue weighted by Gasteiger charge is 2.09. The summed E-state index contributed by atoms with van der Waals surface area (Å²) in [4.78, 5) is 2.94. The average Bonchev–Trinajstić information content (AvgIpc) is 2.69. The average molecular weight is 216 g/mol. The molecule has 0 amide bonds. The number of furan rings is 1. The fourth-order valence-electron chi connectivity index (χ4n) is 1.43. The zero-order valence-corrected chi connectivity index (χ0v) is 8.89.